The van der Waals surface area contributed by atoms with Crippen molar-refractivity contribution in [2.75, 3.05) is 30.4 Å². The summed E-state index contributed by atoms with van der Waals surface area (Å²) >= 11 is 1.26. The van der Waals surface area contributed by atoms with Gasteiger partial charge in [-0.2, -0.15) is 0 Å². The van der Waals surface area contributed by atoms with E-state index in [0.717, 1.165) is 24.3 Å². The largest absolute Gasteiger partial charge is 0.478 e. The molecule has 2 aromatic rings. The normalized spacial score (nSPS) is 14.3. The van der Waals surface area contributed by atoms with Gasteiger partial charge in [-0.25, -0.2) is 4.79 Å². The topological polar surface area (TPSA) is 78.9 Å². The molecule has 0 bridgehead atoms. The van der Waals surface area contributed by atoms with Gasteiger partial charge < -0.3 is 20.1 Å². The van der Waals surface area contributed by atoms with Gasteiger partial charge >= 0.3 is 5.97 Å². The van der Waals surface area contributed by atoms with Gasteiger partial charge in [-0.3, -0.25) is 4.79 Å². The molecule has 1 amide bonds. The molecule has 144 valence electrons. The van der Waals surface area contributed by atoms with E-state index >= 15 is 0 Å². The van der Waals surface area contributed by atoms with Crippen molar-refractivity contribution in [3.05, 3.63) is 46.3 Å². The van der Waals surface area contributed by atoms with E-state index in [1.165, 1.54) is 11.3 Å². The molecule has 3 rings (SSSR count). The Balaban J connectivity index is 1.70. The molecule has 2 heterocycles. The molecule has 27 heavy (non-hydrogen) atoms. The van der Waals surface area contributed by atoms with Crippen molar-refractivity contribution in [1.82, 2.24) is 0 Å². The number of nitrogens with zero attached hydrogens (tertiary/aromatic N) is 1. The molecule has 1 aliphatic rings. The fourth-order valence-corrected chi connectivity index (χ4v) is 4.07. The average molecular weight is 388 g/mol. The molecule has 0 saturated carbocycles. The number of thiophene rings is 1. The van der Waals surface area contributed by atoms with E-state index < -0.39 is 5.97 Å². The minimum atomic E-state index is -1.01. The van der Waals surface area contributed by atoms with E-state index in [2.05, 4.69) is 10.2 Å². The lowest BCUT2D eigenvalue weighted by Gasteiger charge is -2.40. The quantitative estimate of drug-likeness (QED) is 0.756. The number of ether oxygens (including phenoxy) is 1. The number of carbonyl (C=O) groups is 2. The van der Waals surface area contributed by atoms with Crippen molar-refractivity contribution in [2.45, 2.75) is 26.4 Å². The number of amides is 1. The van der Waals surface area contributed by atoms with Crippen LogP contribution in [0.5, 0.6) is 0 Å². The molecular weight excluding hydrogens is 364 g/mol. The van der Waals surface area contributed by atoms with Gasteiger partial charge in [0.05, 0.1) is 11.7 Å². The lowest BCUT2D eigenvalue weighted by molar-refractivity contribution is 0.0697. The van der Waals surface area contributed by atoms with Gasteiger partial charge in [-0.05, 0) is 47.5 Å². The lowest BCUT2D eigenvalue weighted by Crippen LogP contribution is -2.51. The maximum absolute atomic E-state index is 12.6. The third-order valence-electron chi connectivity index (χ3n) is 4.61. The van der Waals surface area contributed by atoms with E-state index in [1.54, 1.807) is 19.2 Å². The molecule has 1 saturated heterocycles. The molecule has 1 aromatic carbocycles. The first-order chi connectivity index (χ1) is 12.9. The molecule has 1 aliphatic heterocycles. The van der Waals surface area contributed by atoms with Crippen LogP contribution in [0.15, 0.2) is 29.6 Å². The SMILES string of the molecule is COC1CN(c2ccc(C(=O)Nc3scc(CC(C)C)c3C(=O)O)cc2)C1. The highest BCUT2D eigenvalue weighted by molar-refractivity contribution is 7.15. The second kappa shape index (κ2) is 8.10. The number of aromatic carboxylic acids is 1. The monoisotopic (exact) mass is 388 g/mol. The van der Waals surface area contributed by atoms with Crippen molar-refractivity contribution >= 4 is 33.9 Å². The molecule has 0 aliphatic carbocycles. The summed E-state index contributed by atoms with van der Waals surface area (Å²) in [5.41, 5.74) is 2.50. The number of anilines is 2. The van der Waals surface area contributed by atoms with Crippen molar-refractivity contribution < 1.29 is 19.4 Å². The first-order valence-corrected chi connectivity index (χ1v) is 9.79. The summed E-state index contributed by atoms with van der Waals surface area (Å²) in [4.78, 5) is 26.4. The Kier molecular flexibility index (Phi) is 5.82. The van der Waals surface area contributed by atoms with Crippen LogP contribution < -0.4 is 10.2 Å². The number of hydrogen-bond acceptors (Lipinski definition) is 5. The minimum Gasteiger partial charge on any atom is -0.478 e. The first kappa shape index (κ1) is 19.4. The minimum absolute atomic E-state index is 0.199. The van der Waals surface area contributed by atoms with Gasteiger partial charge in [0, 0.05) is 31.5 Å². The Morgan fingerprint density at radius 3 is 2.52 bits per heavy atom. The Morgan fingerprint density at radius 1 is 1.30 bits per heavy atom. The van der Waals surface area contributed by atoms with Crippen molar-refractivity contribution in [2.24, 2.45) is 5.92 Å². The van der Waals surface area contributed by atoms with E-state index in [0.29, 0.717) is 22.9 Å². The Morgan fingerprint density at radius 2 is 1.96 bits per heavy atom. The summed E-state index contributed by atoms with van der Waals surface area (Å²) in [5.74, 6) is -0.976. The van der Waals surface area contributed by atoms with Crippen molar-refractivity contribution in [3.63, 3.8) is 0 Å². The Bertz CT molecular complexity index is 823. The number of hydrogen-bond donors (Lipinski definition) is 2. The molecule has 2 N–H and O–H groups in total. The third kappa shape index (κ3) is 4.31. The number of methoxy groups -OCH3 is 1. The predicted octanol–water partition coefficient (Wildman–Crippen LogP) is 3.73. The summed E-state index contributed by atoms with van der Waals surface area (Å²) in [7, 11) is 1.71. The second-order valence-corrected chi connectivity index (χ2v) is 8.01. The van der Waals surface area contributed by atoms with Crippen LogP contribution in [0, 0.1) is 5.92 Å². The Hall–Kier alpha value is -2.38. The second-order valence-electron chi connectivity index (χ2n) is 7.13. The Labute approximate surface area is 162 Å². The smallest absolute Gasteiger partial charge is 0.338 e. The lowest BCUT2D eigenvalue weighted by atomic mass is 10.0. The molecule has 7 heteroatoms. The fraction of sp³-hybridized carbons (Fsp3) is 0.400. The van der Waals surface area contributed by atoms with Crippen molar-refractivity contribution in [1.29, 1.82) is 0 Å². The number of carboxylic acids is 1. The highest BCUT2D eigenvalue weighted by Gasteiger charge is 2.26. The highest BCUT2D eigenvalue weighted by atomic mass is 32.1. The summed E-state index contributed by atoms with van der Waals surface area (Å²) in [6.07, 6.45) is 0.933. The zero-order valence-electron chi connectivity index (χ0n) is 15.7. The van der Waals surface area contributed by atoms with Crippen LogP contribution in [0.1, 0.15) is 40.1 Å². The maximum Gasteiger partial charge on any atom is 0.338 e. The van der Waals surface area contributed by atoms with Gasteiger partial charge in [-0.1, -0.05) is 13.8 Å². The van der Waals surface area contributed by atoms with E-state index in [-0.39, 0.29) is 17.6 Å². The van der Waals surface area contributed by atoms with Gasteiger partial charge in [0.1, 0.15) is 5.00 Å². The molecule has 0 spiro atoms. The fourth-order valence-electron chi connectivity index (χ4n) is 3.11. The molecule has 0 unspecified atom stereocenters. The maximum atomic E-state index is 12.6. The van der Waals surface area contributed by atoms with Crippen LogP contribution in [0.3, 0.4) is 0 Å². The molecule has 1 fully saturated rings. The van der Waals surface area contributed by atoms with E-state index in [9.17, 15) is 14.7 Å². The van der Waals surface area contributed by atoms with Crippen molar-refractivity contribution in [3.8, 4) is 0 Å². The van der Waals surface area contributed by atoms with Gasteiger partial charge in [-0.15, -0.1) is 11.3 Å². The van der Waals surface area contributed by atoms with Gasteiger partial charge in [0.2, 0.25) is 0 Å². The van der Waals surface area contributed by atoms with Crippen LogP contribution in [-0.2, 0) is 11.2 Å². The molecule has 6 nitrogen and oxygen atoms in total. The number of carboxylic acid groups (broad SMARTS) is 1. The summed E-state index contributed by atoms with van der Waals surface area (Å²) in [6.45, 7) is 5.77. The van der Waals surface area contributed by atoms with E-state index in [1.807, 2.05) is 31.4 Å². The number of nitrogens with one attached hydrogen (secondary N) is 1. The summed E-state index contributed by atoms with van der Waals surface area (Å²) < 4.78 is 5.27. The number of benzene rings is 1. The zero-order valence-corrected chi connectivity index (χ0v) is 16.5. The number of carbonyl (C=O) groups excluding carboxylic acids is 1. The molecular formula is C20H24N2O4S. The van der Waals surface area contributed by atoms with Gasteiger partial charge in [0.25, 0.3) is 5.91 Å². The molecule has 0 radical (unpaired) electrons. The number of rotatable bonds is 7. The highest BCUT2D eigenvalue weighted by Crippen LogP contribution is 2.31. The molecule has 0 atom stereocenters. The standard InChI is InChI=1S/C20H24N2O4S/c1-12(2)8-14-11-27-19(17(14)20(24)25)21-18(23)13-4-6-15(7-5-13)22-9-16(10-22)26-3/h4-7,11-12,16H,8-10H2,1-3H3,(H,21,23)(H,24,25). The third-order valence-corrected chi connectivity index (χ3v) is 5.56. The van der Waals surface area contributed by atoms with E-state index in [4.69, 9.17) is 4.74 Å². The van der Waals surface area contributed by atoms with Crippen LogP contribution >= 0.6 is 11.3 Å². The average Bonchev–Trinajstić information content (AvgIpc) is 2.96. The molecule has 1 aromatic heterocycles. The van der Waals surface area contributed by atoms with Gasteiger partial charge in [0.15, 0.2) is 0 Å². The van der Waals surface area contributed by atoms with Crippen LogP contribution in [-0.4, -0.2) is 43.3 Å². The van der Waals surface area contributed by atoms with Crippen LogP contribution in [0.2, 0.25) is 0 Å². The predicted molar refractivity (Wildman–Crippen MR) is 107 cm³/mol. The van der Waals surface area contributed by atoms with Crippen LogP contribution in [0.4, 0.5) is 10.7 Å². The summed E-state index contributed by atoms with van der Waals surface area (Å²) in [6, 6.07) is 7.32. The summed E-state index contributed by atoms with van der Waals surface area (Å²) in [5, 5.41) is 14.5. The first-order valence-electron chi connectivity index (χ1n) is 8.91. The van der Waals surface area contributed by atoms with Crippen LogP contribution in [0.25, 0.3) is 0 Å². The zero-order chi connectivity index (χ0) is 19.6.